The van der Waals surface area contributed by atoms with Gasteiger partial charge < -0.3 is 29.7 Å². The monoisotopic (exact) mass is 1480 g/mol. The number of thioether (sulfide) groups is 2. The number of halogens is 7. The number of rotatable bonds is 15. The van der Waals surface area contributed by atoms with Gasteiger partial charge in [-0.2, -0.15) is 13.2 Å². The fourth-order valence-electron chi connectivity index (χ4n) is 9.34. The van der Waals surface area contributed by atoms with Crippen LogP contribution in [0.2, 0.25) is 15.5 Å². The van der Waals surface area contributed by atoms with Gasteiger partial charge in [-0.1, -0.05) is 77.3 Å². The number of carbonyl (C=O) groups excluding carboxylic acids is 3. The number of benzene rings is 5. The molecule has 0 unspecified atom stereocenters. The highest BCUT2D eigenvalue weighted by molar-refractivity contribution is 8.12. The summed E-state index contributed by atoms with van der Waals surface area (Å²) in [6, 6.07) is 33.2. The highest BCUT2D eigenvalue weighted by atomic mass is 35.5. The zero-order valence-electron chi connectivity index (χ0n) is 54.5. The van der Waals surface area contributed by atoms with Crippen LogP contribution in [-0.2, 0) is 33.7 Å². The molecule has 99 heavy (non-hydrogen) atoms. The maximum Gasteiger partial charge on any atom is 0.416 e. The third-order valence-corrected chi connectivity index (χ3v) is 16.2. The first-order valence-electron chi connectivity index (χ1n) is 30.5. The molecule has 0 saturated carbocycles. The molecule has 0 aliphatic carbocycles. The lowest BCUT2D eigenvalue weighted by atomic mass is 10.1. The van der Waals surface area contributed by atoms with E-state index >= 15 is 0 Å². The van der Waals surface area contributed by atoms with Crippen molar-refractivity contribution in [1.82, 2.24) is 29.9 Å². The summed E-state index contributed by atoms with van der Waals surface area (Å²) in [7, 11) is 0. The van der Waals surface area contributed by atoms with Gasteiger partial charge in [-0.05, 0) is 186 Å². The van der Waals surface area contributed by atoms with Crippen LogP contribution in [0, 0.1) is 20.2 Å². The predicted octanol–water partition coefficient (Wildman–Crippen LogP) is 18.9. The van der Waals surface area contributed by atoms with Gasteiger partial charge in [0.15, 0.2) is 0 Å². The van der Waals surface area contributed by atoms with E-state index in [1.165, 1.54) is 62.2 Å². The molecule has 0 amide bonds. The molecule has 0 radical (unpaired) electrons. The van der Waals surface area contributed by atoms with Gasteiger partial charge >= 0.3 is 22.7 Å². The highest BCUT2D eigenvalue weighted by Gasteiger charge is 2.31. The van der Waals surface area contributed by atoms with Crippen molar-refractivity contribution in [2.75, 3.05) is 41.3 Å². The van der Waals surface area contributed by atoms with E-state index in [0.717, 1.165) is 110 Å². The van der Waals surface area contributed by atoms with Crippen LogP contribution in [0.3, 0.4) is 0 Å². The quantitative estimate of drug-likeness (QED) is 0.0317. The number of ether oxygens (including phenoxy) is 2. The molecule has 2 saturated heterocycles. The summed E-state index contributed by atoms with van der Waals surface area (Å²) < 4.78 is 49.1. The molecular formula is C68H70Cl4F3N11O11S2. The molecule has 8 aromatic rings. The molecule has 2 aliphatic heterocycles. The second-order valence-electron chi connectivity index (χ2n) is 23.7. The summed E-state index contributed by atoms with van der Waals surface area (Å²) >= 11 is 24.2. The summed E-state index contributed by atoms with van der Waals surface area (Å²) in [6.45, 7) is 14.7. The number of nitro benzene ring substituents is 2. The fraction of sp³-hybridized carbons (Fsp3) is 0.324. The van der Waals surface area contributed by atoms with E-state index in [0.29, 0.717) is 61.3 Å². The Morgan fingerprint density at radius 3 is 1.39 bits per heavy atom. The van der Waals surface area contributed by atoms with Crippen molar-refractivity contribution >= 4 is 120 Å². The van der Waals surface area contributed by atoms with Crippen molar-refractivity contribution in [3.8, 4) is 22.5 Å². The van der Waals surface area contributed by atoms with Crippen molar-refractivity contribution in [1.29, 1.82) is 0 Å². The molecule has 5 aromatic carbocycles. The van der Waals surface area contributed by atoms with E-state index in [4.69, 9.17) is 61.0 Å². The van der Waals surface area contributed by atoms with Crippen LogP contribution >= 0.6 is 69.9 Å². The standard InChI is InChI=1S/C23H22F3N5O2.C15H15ClN4O2.C13H15ClO3S.C13H16O4S.C4H2Cl2N2/c24-23(25,26)17-6-4-5-16(11-17)14-27-22-13-20(28-15-29-22)19-12-18(7-8-21(19)31(32)33)30-9-2-1-3-10-30;16-15-9-13(17-10-18-15)12-8-11(4-5-14(12)20(21)22)19-6-2-1-3-7-19;2*1-13(2,3)17-12(16)18-8-9-5-4-6-10(7-9)11(14)15;5-3-1-4(6)8-2-7-3/h4-8,11-13,15H,1-3,9-10,14H2,(H,27,28,29);4-5,8-10H,1-3,6-7H2;4-7H,8H2,1-3H3;4-7H,8H2,1-3H3,(H,14,15);1-2H. The first kappa shape index (κ1) is 79.3. The molecule has 22 nitrogen and oxygen atoms in total. The molecule has 5 heterocycles. The second kappa shape index (κ2) is 38.0. The zero-order chi connectivity index (χ0) is 72.5. The van der Waals surface area contributed by atoms with Crippen LogP contribution in [0.15, 0.2) is 146 Å². The summed E-state index contributed by atoms with van der Waals surface area (Å²) in [5.41, 5.74) is 4.50. The SMILES string of the molecule is CC(C)(C)OC(=O)SCc1cccc(C(=O)Cl)c1.CC(C)(C)OC(=O)SCc1cccc(C(=O)O)c1.Clc1cc(Cl)ncn1.O=[N+]([O-])c1ccc(N2CCCCC2)cc1-c1cc(Cl)ncn1.O=[N+]([O-])c1ccc(N2CCCCC2)cc1-c1cc(NCc2cccc(C(F)(F)F)c2)ncn1. The van der Waals surface area contributed by atoms with Gasteiger partial charge in [0.25, 0.3) is 16.6 Å². The van der Waals surface area contributed by atoms with Gasteiger partial charge in [-0.15, -0.1) is 0 Å². The number of carbonyl (C=O) groups is 4. The van der Waals surface area contributed by atoms with Crippen molar-refractivity contribution in [3.05, 3.63) is 215 Å². The molecule has 2 fully saturated rings. The first-order chi connectivity index (χ1) is 46.8. The largest absolute Gasteiger partial charge is 0.478 e. The molecule has 0 atom stereocenters. The Labute approximate surface area is 598 Å². The first-order valence-corrected chi connectivity index (χ1v) is 34.0. The minimum atomic E-state index is -4.42. The van der Waals surface area contributed by atoms with Gasteiger partial charge in [0.05, 0.1) is 43.5 Å². The lowest BCUT2D eigenvalue weighted by Crippen LogP contribution is -2.29. The minimum absolute atomic E-state index is 0.0236. The molecule has 2 aliphatic rings. The van der Waals surface area contributed by atoms with E-state index in [1.54, 1.807) is 93.6 Å². The Hall–Kier alpha value is -8.73. The lowest BCUT2D eigenvalue weighted by molar-refractivity contribution is -0.384. The average Bonchev–Trinajstić information content (AvgIpc) is 0.809. The van der Waals surface area contributed by atoms with Crippen molar-refractivity contribution in [3.63, 3.8) is 0 Å². The van der Waals surface area contributed by atoms with E-state index < -0.39 is 44.0 Å². The highest BCUT2D eigenvalue weighted by Crippen LogP contribution is 2.37. The Balaban J connectivity index is 0.000000206. The van der Waals surface area contributed by atoms with Crippen LogP contribution < -0.4 is 15.1 Å². The molecule has 0 bridgehead atoms. The smallest absolute Gasteiger partial charge is 0.416 e. The van der Waals surface area contributed by atoms with Crippen LogP contribution in [-0.4, -0.2) is 104 Å². The van der Waals surface area contributed by atoms with Crippen molar-refractivity contribution < 1.29 is 56.8 Å². The Kier molecular flexibility index (Phi) is 30.4. The summed E-state index contributed by atoms with van der Waals surface area (Å²) in [5, 5.41) is 34.5. The predicted molar refractivity (Wildman–Crippen MR) is 381 cm³/mol. The van der Waals surface area contributed by atoms with Crippen molar-refractivity contribution in [2.45, 2.75) is 115 Å². The number of nitrogens with one attached hydrogen (secondary N) is 1. The normalized spacial score (nSPS) is 12.8. The summed E-state index contributed by atoms with van der Waals surface area (Å²) in [4.78, 5) is 94.8. The summed E-state index contributed by atoms with van der Waals surface area (Å²) in [5.74, 6) is 0.234. The van der Waals surface area contributed by atoms with Crippen LogP contribution in [0.25, 0.3) is 22.5 Å². The number of nitro groups is 2. The fourth-order valence-corrected chi connectivity index (χ4v) is 11.5. The average molecular weight is 1480 g/mol. The van der Waals surface area contributed by atoms with E-state index in [-0.39, 0.29) is 39.2 Å². The molecular weight excluding hydrogens is 1410 g/mol. The van der Waals surface area contributed by atoms with Gasteiger partial charge in [-0.3, -0.25) is 25.0 Å². The lowest BCUT2D eigenvalue weighted by Gasteiger charge is -2.29. The number of aromatic carboxylic acids is 1. The Morgan fingerprint density at radius 2 is 0.970 bits per heavy atom. The number of hydrogen-bond donors (Lipinski definition) is 2. The van der Waals surface area contributed by atoms with Gasteiger partial charge in [0.2, 0.25) is 0 Å². The Morgan fingerprint density at radius 1 is 0.545 bits per heavy atom. The van der Waals surface area contributed by atoms with Crippen LogP contribution in [0.1, 0.15) is 123 Å². The number of carboxylic acid groups (broad SMARTS) is 1. The van der Waals surface area contributed by atoms with E-state index in [1.807, 2.05) is 32.9 Å². The third kappa shape index (κ3) is 27.8. The topological polar surface area (TPSA) is 289 Å². The molecule has 31 heteroatoms. The number of alkyl halides is 3. The van der Waals surface area contributed by atoms with Gasteiger partial charge in [0, 0.05) is 91.5 Å². The molecule has 3 aromatic heterocycles. The molecule has 524 valence electrons. The van der Waals surface area contributed by atoms with Crippen molar-refractivity contribution in [2.24, 2.45) is 0 Å². The number of carboxylic acids is 1. The molecule has 2 N–H and O–H groups in total. The summed E-state index contributed by atoms with van der Waals surface area (Å²) in [6.07, 6.45) is 6.32. The van der Waals surface area contributed by atoms with Crippen LogP contribution in [0.5, 0.6) is 0 Å². The Bertz CT molecular complexity index is 3990. The van der Waals surface area contributed by atoms with Gasteiger partial charge in [-0.25, -0.2) is 44.3 Å². The molecule has 10 rings (SSSR count). The van der Waals surface area contributed by atoms with E-state index in [9.17, 15) is 52.6 Å². The third-order valence-electron chi connectivity index (χ3n) is 13.8. The number of anilines is 3. The zero-order valence-corrected chi connectivity index (χ0v) is 59.2. The van der Waals surface area contributed by atoms with E-state index in [2.05, 4.69) is 45.0 Å². The number of aromatic nitrogens is 6. The number of piperidine rings is 2. The number of hydrogen-bond acceptors (Lipinski definition) is 21. The van der Waals surface area contributed by atoms with Crippen LogP contribution in [0.4, 0.5) is 51.3 Å². The maximum atomic E-state index is 12.9. The van der Waals surface area contributed by atoms with Gasteiger partial charge in [0.1, 0.15) is 51.5 Å². The minimum Gasteiger partial charge on any atom is -0.478 e. The molecule has 0 spiro atoms. The second-order valence-corrected chi connectivity index (χ2v) is 27.1. The number of nitrogens with zero attached hydrogens (tertiary/aromatic N) is 10. The maximum absolute atomic E-state index is 12.9.